The predicted molar refractivity (Wildman–Crippen MR) is 80.9 cm³/mol. The molecule has 0 aliphatic heterocycles. The number of hydrogen-bond acceptors (Lipinski definition) is 4. The van der Waals surface area contributed by atoms with Gasteiger partial charge in [-0.3, -0.25) is 9.08 Å². The average Bonchev–Trinajstić information content (AvgIpc) is 2.91. The van der Waals surface area contributed by atoms with Gasteiger partial charge in [-0.1, -0.05) is 0 Å². The largest absolute Gasteiger partial charge is 0.383 e. The van der Waals surface area contributed by atoms with E-state index in [-0.39, 0.29) is 0 Å². The molecule has 3 aromatic rings. The van der Waals surface area contributed by atoms with E-state index in [1.54, 1.807) is 6.20 Å². The number of anilines is 2. The zero-order valence-electron chi connectivity index (χ0n) is 12.1. The molecule has 0 bridgehead atoms. The van der Waals surface area contributed by atoms with Gasteiger partial charge < -0.3 is 10.6 Å². The maximum absolute atomic E-state index is 6.26. The third-order valence-electron chi connectivity index (χ3n) is 3.65. The molecule has 20 heavy (non-hydrogen) atoms. The van der Waals surface area contributed by atoms with E-state index in [1.807, 2.05) is 60.4 Å². The summed E-state index contributed by atoms with van der Waals surface area (Å²) in [4.78, 5) is 6.66. The van der Waals surface area contributed by atoms with Crippen LogP contribution in [0.4, 0.5) is 11.5 Å². The molecule has 0 aliphatic rings. The van der Waals surface area contributed by atoms with Crippen LogP contribution in [0.5, 0.6) is 0 Å². The predicted octanol–water partition coefficient (Wildman–Crippen LogP) is 1.69. The molecule has 0 unspecified atom stereocenters. The van der Waals surface area contributed by atoms with Gasteiger partial charge in [0.25, 0.3) is 0 Å². The quantitative estimate of drug-likeness (QED) is 0.769. The summed E-state index contributed by atoms with van der Waals surface area (Å²) in [7, 11) is 5.91. The zero-order valence-corrected chi connectivity index (χ0v) is 12.1. The lowest BCUT2D eigenvalue weighted by atomic mass is 10.2. The van der Waals surface area contributed by atoms with E-state index in [0.29, 0.717) is 5.82 Å². The molecule has 3 rings (SSSR count). The Balaban J connectivity index is 2.23. The van der Waals surface area contributed by atoms with Gasteiger partial charge in [0.2, 0.25) is 0 Å². The van der Waals surface area contributed by atoms with Crippen molar-refractivity contribution in [3.63, 3.8) is 0 Å². The Kier molecular flexibility index (Phi) is 2.67. The Morgan fingerprint density at radius 2 is 2.00 bits per heavy atom. The van der Waals surface area contributed by atoms with Crippen LogP contribution in [0.2, 0.25) is 0 Å². The molecular weight excluding hydrogens is 252 g/mol. The number of aryl methyl sites for hydroxylation is 1. The van der Waals surface area contributed by atoms with E-state index in [9.17, 15) is 0 Å². The van der Waals surface area contributed by atoms with Crippen molar-refractivity contribution in [3.05, 3.63) is 30.2 Å². The van der Waals surface area contributed by atoms with Gasteiger partial charge in [0.1, 0.15) is 17.2 Å². The fraction of sp³-hybridized carbons (Fsp3) is 0.286. The molecule has 6 heteroatoms. The Morgan fingerprint density at radius 1 is 1.25 bits per heavy atom. The van der Waals surface area contributed by atoms with Gasteiger partial charge in [0.05, 0.1) is 11.9 Å². The van der Waals surface area contributed by atoms with Crippen LogP contribution in [-0.4, -0.2) is 33.3 Å². The molecular formula is C14H18N6. The van der Waals surface area contributed by atoms with E-state index >= 15 is 0 Å². The minimum absolute atomic E-state index is 0.639. The number of rotatable bonds is 2. The minimum Gasteiger partial charge on any atom is -0.383 e. The van der Waals surface area contributed by atoms with Gasteiger partial charge >= 0.3 is 0 Å². The maximum Gasteiger partial charge on any atom is 0.139 e. The normalized spacial score (nSPS) is 11.2. The standard InChI is InChI=1S/C14H18N6/c1-9-11(7-16-19(9)4)13-14(15)20-8-10(18(2)3)5-6-12(20)17-13/h5-8H,15H2,1-4H3. The lowest BCUT2D eigenvalue weighted by molar-refractivity contribution is 0.740. The number of pyridine rings is 1. The summed E-state index contributed by atoms with van der Waals surface area (Å²) in [6, 6.07) is 4.00. The molecule has 3 aromatic heterocycles. The van der Waals surface area contributed by atoms with Crippen LogP contribution in [0.15, 0.2) is 24.5 Å². The summed E-state index contributed by atoms with van der Waals surface area (Å²) in [5.41, 5.74) is 11.0. The Hall–Kier alpha value is -2.50. The number of imidazole rings is 1. The van der Waals surface area contributed by atoms with Crippen molar-refractivity contribution >= 4 is 17.2 Å². The molecule has 0 fully saturated rings. The van der Waals surface area contributed by atoms with Gasteiger partial charge in [-0.05, 0) is 19.1 Å². The Bertz CT molecular complexity index is 780. The maximum atomic E-state index is 6.26. The molecule has 6 nitrogen and oxygen atoms in total. The van der Waals surface area contributed by atoms with Crippen LogP contribution in [0.3, 0.4) is 0 Å². The molecule has 0 spiro atoms. The Labute approximate surface area is 117 Å². The molecule has 0 radical (unpaired) electrons. The minimum atomic E-state index is 0.639. The molecule has 104 valence electrons. The van der Waals surface area contributed by atoms with E-state index in [1.165, 1.54) is 0 Å². The second kappa shape index (κ2) is 4.26. The Morgan fingerprint density at radius 3 is 2.60 bits per heavy atom. The first-order chi connectivity index (χ1) is 9.49. The number of fused-ring (bicyclic) bond motifs is 1. The van der Waals surface area contributed by atoms with E-state index in [0.717, 1.165) is 28.3 Å². The summed E-state index contributed by atoms with van der Waals surface area (Å²) in [6.45, 7) is 2.01. The first kappa shape index (κ1) is 12.5. The van der Waals surface area contributed by atoms with E-state index in [4.69, 9.17) is 5.73 Å². The summed E-state index contributed by atoms with van der Waals surface area (Å²) in [5.74, 6) is 0.639. The number of nitrogen functional groups attached to an aromatic ring is 1. The first-order valence-corrected chi connectivity index (χ1v) is 6.43. The van der Waals surface area contributed by atoms with Crippen LogP contribution in [0, 0.1) is 6.92 Å². The number of hydrogen-bond donors (Lipinski definition) is 1. The molecule has 0 atom stereocenters. The van der Waals surface area contributed by atoms with Gasteiger partial charge in [0.15, 0.2) is 0 Å². The van der Waals surface area contributed by atoms with Crippen molar-refractivity contribution in [2.75, 3.05) is 24.7 Å². The second-order valence-electron chi connectivity index (χ2n) is 5.12. The number of nitrogens with zero attached hydrogens (tertiary/aromatic N) is 5. The van der Waals surface area contributed by atoms with Crippen molar-refractivity contribution in [2.45, 2.75) is 6.92 Å². The van der Waals surface area contributed by atoms with Crippen LogP contribution in [0.25, 0.3) is 16.9 Å². The lowest BCUT2D eigenvalue weighted by Crippen LogP contribution is -2.09. The zero-order chi connectivity index (χ0) is 14.4. The highest BCUT2D eigenvalue weighted by molar-refractivity contribution is 5.76. The lowest BCUT2D eigenvalue weighted by Gasteiger charge is -2.12. The molecule has 0 saturated heterocycles. The fourth-order valence-electron chi connectivity index (χ4n) is 2.25. The van der Waals surface area contributed by atoms with Crippen LogP contribution < -0.4 is 10.6 Å². The third kappa shape index (κ3) is 1.72. The average molecular weight is 270 g/mol. The van der Waals surface area contributed by atoms with Crippen molar-refractivity contribution in [1.82, 2.24) is 19.2 Å². The van der Waals surface area contributed by atoms with Crippen LogP contribution in [-0.2, 0) is 7.05 Å². The highest BCUT2D eigenvalue weighted by Gasteiger charge is 2.16. The molecule has 0 aliphatic carbocycles. The molecule has 0 saturated carbocycles. The topological polar surface area (TPSA) is 64.4 Å². The van der Waals surface area contributed by atoms with Crippen molar-refractivity contribution in [2.24, 2.45) is 7.05 Å². The van der Waals surface area contributed by atoms with Gasteiger partial charge in [-0.25, -0.2) is 4.98 Å². The molecule has 0 amide bonds. The molecule has 0 aromatic carbocycles. The van der Waals surface area contributed by atoms with Gasteiger partial charge in [-0.15, -0.1) is 0 Å². The summed E-state index contributed by atoms with van der Waals surface area (Å²) < 4.78 is 3.74. The first-order valence-electron chi connectivity index (χ1n) is 6.43. The van der Waals surface area contributed by atoms with Crippen molar-refractivity contribution < 1.29 is 0 Å². The SMILES string of the molecule is Cc1c(-c2nc3ccc(N(C)C)cn3c2N)cnn1C. The van der Waals surface area contributed by atoms with Crippen molar-refractivity contribution in [3.8, 4) is 11.3 Å². The molecule has 2 N–H and O–H groups in total. The second-order valence-corrected chi connectivity index (χ2v) is 5.12. The monoisotopic (exact) mass is 270 g/mol. The highest BCUT2D eigenvalue weighted by atomic mass is 15.3. The number of nitrogens with two attached hydrogens (primary N) is 1. The van der Waals surface area contributed by atoms with Crippen LogP contribution in [0.1, 0.15) is 5.69 Å². The number of aromatic nitrogens is 4. The highest BCUT2D eigenvalue weighted by Crippen LogP contribution is 2.29. The van der Waals surface area contributed by atoms with Crippen molar-refractivity contribution in [1.29, 1.82) is 0 Å². The third-order valence-corrected chi connectivity index (χ3v) is 3.65. The van der Waals surface area contributed by atoms with E-state index in [2.05, 4.69) is 10.1 Å². The summed E-state index contributed by atoms with van der Waals surface area (Å²) >= 11 is 0. The van der Waals surface area contributed by atoms with E-state index < -0.39 is 0 Å². The smallest absolute Gasteiger partial charge is 0.139 e. The van der Waals surface area contributed by atoms with Gasteiger partial charge in [-0.2, -0.15) is 5.10 Å². The van der Waals surface area contributed by atoms with Gasteiger partial charge in [0, 0.05) is 38.6 Å². The molecule has 3 heterocycles. The van der Waals surface area contributed by atoms with Crippen LogP contribution >= 0.6 is 0 Å². The summed E-state index contributed by atoms with van der Waals surface area (Å²) in [5, 5.41) is 4.25. The summed E-state index contributed by atoms with van der Waals surface area (Å²) in [6.07, 6.45) is 3.80. The fourth-order valence-corrected chi connectivity index (χ4v) is 2.25.